The van der Waals surface area contributed by atoms with Gasteiger partial charge >= 0.3 is 0 Å². The van der Waals surface area contributed by atoms with Gasteiger partial charge in [0.05, 0.1) is 11.6 Å². The highest BCUT2D eigenvalue weighted by Crippen LogP contribution is 2.26. The van der Waals surface area contributed by atoms with Crippen LogP contribution in [0.3, 0.4) is 0 Å². The molecule has 0 aliphatic rings. The maximum atomic E-state index is 11.8. The molecule has 6 heteroatoms. The standard InChI is InChI=1S/C11H14Cl2O3S/c1-2-3-4-7-16-17(14,15)11-8-9(12)5-6-10(11)13/h5-6,8H,2-4,7H2,1H3. The maximum Gasteiger partial charge on any atom is 0.298 e. The van der Waals surface area contributed by atoms with Crippen LogP contribution in [0.4, 0.5) is 0 Å². The van der Waals surface area contributed by atoms with E-state index in [0.717, 1.165) is 12.8 Å². The van der Waals surface area contributed by atoms with Crippen LogP contribution in [-0.4, -0.2) is 15.0 Å². The van der Waals surface area contributed by atoms with Crippen molar-refractivity contribution < 1.29 is 12.6 Å². The second kappa shape index (κ2) is 6.59. The summed E-state index contributed by atoms with van der Waals surface area (Å²) < 4.78 is 28.5. The molecule has 0 saturated heterocycles. The van der Waals surface area contributed by atoms with E-state index in [4.69, 9.17) is 27.4 Å². The molecule has 1 aromatic carbocycles. The number of hydrogen-bond acceptors (Lipinski definition) is 3. The van der Waals surface area contributed by atoms with Gasteiger partial charge in [-0.3, -0.25) is 4.18 Å². The van der Waals surface area contributed by atoms with Gasteiger partial charge in [-0.1, -0.05) is 43.0 Å². The third-order valence-corrected chi connectivity index (χ3v) is 4.18. The highest BCUT2D eigenvalue weighted by atomic mass is 35.5. The van der Waals surface area contributed by atoms with Crippen molar-refractivity contribution in [2.24, 2.45) is 0 Å². The number of benzene rings is 1. The van der Waals surface area contributed by atoms with E-state index in [1.807, 2.05) is 6.92 Å². The van der Waals surface area contributed by atoms with Crippen molar-refractivity contribution in [3.63, 3.8) is 0 Å². The molecule has 0 fully saturated rings. The fourth-order valence-electron chi connectivity index (χ4n) is 1.25. The van der Waals surface area contributed by atoms with Crippen LogP contribution in [0, 0.1) is 0 Å². The van der Waals surface area contributed by atoms with Crippen molar-refractivity contribution in [2.75, 3.05) is 6.61 Å². The topological polar surface area (TPSA) is 43.4 Å². The Labute approximate surface area is 112 Å². The molecule has 0 saturated carbocycles. The first kappa shape index (κ1) is 14.8. The molecule has 0 amide bonds. The van der Waals surface area contributed by atoms with E-state index in [-0.39, 0.29) is 16.5 Å². The Balaban J connectivity index is 2.79. The molecule has 1 aromatic rings. The third-order valence-electron chi connectivity index (χ3n) is 2.15. The van der Waals surface area contributed by atoms with Gasteiger partial charge in [-0.05, 0) is 24.6 Å². The van der Waals surface area contributed by atoms with E-state index in [0.29, 0.717) is 11.4 Å². The van der Waals surface area contributed by atoms with Crippen LogP contribution >= 0.6 is 23.2 Å². The highest BCUT2D eigenvalue weighted by Gasteiger charge is 2.19. The number of rotatable bonds is 6. The molecule has 0 spiro atoms. The minimum absolute atomic E-state index is 0.0804. The van der Waals surface area contributed by atoms with Crippen LogP contribution in [0.5, 0.6) is 0 Å². The van der Waals surface area contributed by atoms with Gasteiger partial charge in [0, 0.05) is 5.02 Å². The van der Waals surface area contributed by atoms with Gasteiger partial charge in [0.15, 0.2) is 0 Å². The van der Waals surface area contributed by atoms with Gasteiger partial charge < -0.3 is 0 Å². The maximum absolute atomic E-state index is 11.8. The average Bonchev–Trinajstić information content (AvgIpc) is 2.28. The van der Waals surface area contributed by atoms with Gasteiger partial charge in [0.1, 0.15) is 4.90 Å². The number of unbranched alkanes of at least 4 members (excludes halogenated alkanes) is 2. The second-order valence-corrected chi connectivity index (χ2v) is 5.99. The second-order valence-electron chi connectivity index (χ2n) is 3.56. The number of hydrogen-bond donors (Lipinski definition) is 0. The Morgan fingerprint density at radius 1 is 1.24 bits per heavy atom. The van der Waals surface area contributed by atoms with Gasteiger partial charge in [-0.15, -0.1) is 0 Å². The fourth-order valence-corrected chi connectivity index (χ4v) is 2.93. The van der Waals surface area contributed by atoms with Crippen LogP contribution in [0.2, 0.25) is 10.0 Å². The Morgan fingerprint density at radius 3 is 2.59 bits per heavy atom. The lowest BCUT2D eigenvalue weighted by Gasteiger charge is -2.07. The van der Waals surface area contributed by atoms with E-state index in [1.165, 1.54) is 18.2 Å². The summed E-state index contributed by atoms with van der Waals surface area (Å²) in [5, 5.41) is 0.426. The molecule has 0 aliphatic carbocycles. The van der Waals surface area contributed by atoms with E-state index in [1.54, 1.807) is 0 Å². The summed E-state index contributed by atoms with van der Waals surface area (Å²) in [6, 6.07) is 4.26. The summed E-state index contributed by atoms with van der Waals surface area (Å²) in [6.07, 6.45) is 2.63. The Kier molecular flexibility index (Phi) is 5.73. The normalized spacial score (nSPS) is 11.7. The molecule has 0 aliphatic heterocycles. The lowest BCUT2D eigenvalue weighted by molar-refractivity contribution is 0.308. The van der Waals surface area contributed by atoms with Gasteiger partial charge in [0.25, 0.3) is 10.1 Å². The van der Waals surface area contributed by atoms with Gasteiger partial charge in [-0.25, -0.2) is 0 Å². The SMILES string of the molecule is CCCCCOS(=O)(=O)c1cc(Cl)ccc1Cl. The molecular weight excluding hydrogens is 283 g/mol. The molecule has 0 N–H and O–H groups in total. The van der Waals surface area contributed by atoms with Gasteiger partial charge in [0.2, 0.25) is 0 Å². The van der Waals surface area contributed by atoms with Crippen molar-refractivity contribution in [3.8, 4) is 0 Å². The Hall–Kier alpha value is -0.290. The predicted molar refractivity (Wildman–Crippen MR) is 69.1 cm³/mol. The van der Waals surface area contributed by atoms with Crippen molar-refractivity contribution in [2.45, 2.75) is 31.1 Å². The third kappa shape index (κ3) is 4.47. The molecule has 0 unspecified atom stereocenters. The van der Waals surface area contributed by atoms with Crippen LogP contribution in [0.25, 0.3) is 0 Å². The summed E-state index contributed by atoms with van der Waals surface area (Å²) in [7, 11) is -3.81. The molecule has 0 bridgehead atoms. The summed E-state index contributed by atoms with van der Waals surface area (Å²) in [6.45, 7) is 2.20. The van der Waals surface area contributed by atoms with E-state index < -0.39 is 10.1 Å². The summed E-state index contributed by atoms with van der Waals surface area (Å²) in [4.78, 5) is -0.0804. The van der Waals surface area contributed by atoms with Crippen LogP contribution in [-0.2, 0) is 14.3 Å². The minimum Gasteiger partial charge on any atom is -0.266 e. The van der Waals surface area contributed by atoms with Crippen molar-refractivity contribution in [1.82, 2.24) is 0 Å². The zero-order valence-electron chi connectivity index (χ0n) is 9.45. The quantitative estimate of drug-likeness (QED) is 0.591. The first-order chi connectivity index (χ1) is 7.97. The summed E-state index contributed by atoms with van der Waals surface area (Å²) >= 11 is 11.5. The van der Waals surface area contributed by atoms with Crippen molar-refractivity contribution in [1.29, 1.82) is 0 Å². The average molecular weight is 297 g/mol. The lowest BCUT2D eigenvalue weighted by atomic mass is 10.3. The molecule has 96 valence electrons. The predicted octanol–water partition coefficient (Wildman–Crippen LogP) is 3.89. The Bertz CT molecular complexity index is 472. The largest absolute Gasteiger partial charge is 0.298 e. The molecule has 1 rings (SSSR count). The van der Waals surface area contributed by atoms with Crippen LogP contribution in [0.1, 0.15) is 26.2 Å². The minimum atomic E-state index is -3.81. The van der Waals surface area contributed by atoms with E-state index >= 15 is 0 Å². The van der Waals surface area contributed by atoms with Crippen molar-refractivity contribution >= 4 is 33.3 Å². The lowest BCUT2D eigenvalue weighted by Crippen LogP contribution is -2.08. The molecular formula is C11H14Cl2O3S. The monoisotopic (exact) mass is 296 g/mol. The zero-order chi connectivity index (χ0) is 12.9. The van der Waals surface area contributed by atoms with E-state index in [2.05, 4.69) is 0 Å². The highest BCUT2D eigenvalue weighted by molar-refractivity contribution is 7.86. The zero-order valence-corrected chi connectivity index (χ0v) is 11.8. The molecule has 0 heterocycles. The summed E-state index contributed by atoms with van der Waals surface area (Å²) in [5.74, 6) is 0. The van der Waals surface area contributed by atoms with Gasteiger partial charge in [-0.2, -0.15) is 8.42 Å². The molecule has 3 nitrogen and oxygen atoms in total. The first-order valence-corrected chi connectivity index (χ1v) is 7.48. The fraction of sp³-hybridized carbons (Fsp3) is 0.455. The molecule has 0 atom stereocenters. The molecule has 0 aromatic heterocycles. The number of halogens is 2. The van der Waals surface area contributed by atoms with Crippen LogP contribution in [0.15, 0.2) is 23.1 Å². The van der Waals surface area contributed by atoms with Crippen LogP contribution < -0.4 is 0 Å². The molecule has 0 radical (unpaired) electrons. The van der Waals surface area contributed by atoms with Crippen molar-refractivity contribution in [3.05, 3.63) is 28.2 Å². The van der Waals surface area contributed by atoms with E-state index in [9.17, 15) is 8.42 Å². The first-order valence-electron chi connectivity index (χ1n) is 5.32. The summed E-state index contributed by atoms with van der Waals surface area (Å²) in [5.41, 5.74) is 0. The molecule has 17 heavy (non-hydrogen) atoms. The Morgan fingerprint density at radius 2 is 1.94 bits per heavy atom. The smallest absolute Gasteiger partial charge is 0.266 e.